The van der Waals surface area contributed by atoms with Gasteiger partial charge in [0.2, 0.25) is 0 Å². The van der Waals surface area contributed by atoms with Crippen LogP contribution in [0.15, 0.2) is 30.3 Å². The van der Waals surface area contributed by atoms with E-state index in [-0.39, 0.29) is 11.7 Å². The summed E-state index contributed by atoms with van der Waals surface area (Å²) in [5.41, 5.74) is 3.01. The number of carbonyl (C=O) groups excluding carboxylic acids is 1. The zero-order valence-electron chi connectivity index (χ0n) is 13.7. The Morgan fingerprint density at radius 2 is 2.12 bits per heavy atom. The third-order valence-electron chi connectivity index (χ3n) is 4.51. The maximum Gasteiger partial charge on any atom is 0.251 e. The fourth-order valence-electron chi connectivity index (χ4n) is 3.31. The van der Waals surface area contributed by atoms with Crippen molar-refractivity contribution in [1.29, 1.82) is 0 Å². The number of rotatable bonds is 3. The summed E-state index contributed by atoms with van der Waals surface area (Å²) in [7, 11) is 0. The minimum absolute atomic E-state index is 0.284. The monoisotopic (exact) mass is 342 g/mol. The lowest BCUT2D eigenvalue weighted by Gasteiger charge is -2.22. The second kappa shape index (κ2) is 6.72. The van der Waals surface area contributed by atoms with E-state index in [0.29, 0.717) is 43.4 Å². The third kappa shape index (κ3) is 3.17. The van der Waals surface area contributed by atoms with Gasteiger partial charge >= 0.3 is 0 Å². The lowest BCUT2D eigenvalue weighted by Crippen LogP contribution is -2.30. The van der Waals surface area contributed by atoms with E-state index in [1.54, 1.807) is 0 Å². The summed E-state index contributed by atoms with van der Waals surface area (Å²) >= 11 is 0. The Hall–Kier alpha value is -2.60. The van der Waals surface area contributed by atoms with Crippen LogP contribution >= 0.6 is 0 Å². The molecule has 6 heteroatoms. The maximum atomic E-state index is 13.9. The summed E-state index contributed by atoms with van der Waals surface area (Å²) in [6.45, 7) is 2.68. The third-order valence-corrected chi connectivity index (χ3v) is 4.51. The summed E-state index contributed by atoms with van der Waals surface area (Å²) < 4.78 is 25.1. The van der Waals surface area contributed by atoms with Crippen LogP contribution in [0.5, 0.6) is 11.5 Å². The number of para-hydroxylation sites is 1. The summed E-state index contributed by atoms with van der Waals surface area (Å²) in [4.78, 5) is 12.6. The van der Waals surface area contributed by atoms with Crippen LogP contribution in [0.25, 0.3) is 0 Å². The molecule has 0 radical (unpaired) electrons. The summed E-state index contributed by atoms with van der Waals surface area (Å²) in [5, 5.41) is 6.11. The number of benzene rings is 2. The van der Waals surface area contributed by atoms with E-state index in [9.17, 15) is 9.18 Å². The number of fused-ring (bicyclic) bond motifs is 2. The molecule has 1 amide bonds. The first-order chi connectivity index (χ1) is 12.2. The average Bonchev–Trinajstić information content (AvgIpc) is 2.65. The van der Waals surface area contributed by atoms with Crippen molar-refractivity contribution in [3.05, 3.63) is 58.4 Å². The van der Waals surface area contributed by atoms with Crippen molar-refractivity contribution in [1.82, 2.24) is 10.6 Å². The zero-order valence-corrected chi connectivity index (χ0v) is 13.7. The molecule has 5 nitrogen and oxygen atoms in total. The minimum Gasteiger partial charge on any atom is -0.486 e. The van der Waals surface area contributed by atoms with Gasteiger partial charge in [-0.2, -0.15) is 0 Å². The van der Waals surface area contributed by atoms with E-state index >= 15 is 0 Å². The SMILES string of the molecule is O=C(NCc1cccc2c1OCCO2)c1cc(F)cc2c1CNCC2. The van der Waals surface area contributed by atoms with Gasteiger partial charge in [-0.3, -0.25) is 4.79 Å². The molecule has 4 rings (SSSR count). The Morgan fingerprint density at radius 1 is 1.24 bits per heavy atom. The highest BCUT2D eigenvalue weighted by Gasteiger charge is 2.20. The van der Waals surface area contributed by atoms with Crippen LogP contribution in [-0.4, -0.2) is 25.7 Å². The fraction of sp³-hybridized carbons (Fsp3) is 0.316. The molecule has 2 aromatic rings. The Labute approximate surface area is 145 Å². The number of halogens is 1. The van der Waals surface area contributed by atoms with E-state index in [4.69, 9.17) is 9.47 Å². The highest BCUT2D eigenvalue weighted by Crippen LogP contribution is 2.33. The number of ether oxygens (including phenoxy) is 2. The Balaban J connectivity index is 1.55. The molecule has 0 saturated carbocycles. The fourth-order valence-corrected chi connectivity index (χ4v) is 3.31. The molecule has 25 heavy (non-hydrogen) atoms. The zero-order chi connectivity index (χ0) is 17.2. The van der Waals surface area contributed by atoms with Crippen molar-refractivity contribution < 1.29 is 18.7 Å². The second-order valence-electron chi connectivity index (χ2n) is 6.14. The predicted octanol–water partition coefficient (Wildman–Crippen LogP) is 2.17. The van der Waals surface area contributed by atoms with Gasteiger partial charge in [0.05, 0.1) is 0 Å². The molecule has 0 unspecified atom stereocenters. The highest BCUT2D eigenvalue weighted by atomic mass is 19.1. The lowest BCUT2D eigenvalue weighted by molar-refractivity contribution is 0.0948. The van der Waals surface area contributed by atoms with Crippen molar-refractivity contribution in [2.24, 2.45) is 0 Å². The minimum atomic E-state index is -0.375. The molecule has 2 heterocycles. The average molecular weight is 342 g/mol. The molecular formula is C19H19FN2O3. The van der Waals surface area contributed by atoms with E-state index < -0.39 is 0 Å². The van der Waals surface area contributed by atoms with Crippen LogP contribution in [0.3, 0.4) is 0 Å². The molecule has 0 spiro atoms. The summed E-state index contributed by atoms with van der Waals surface area (Å²) in [5.74, 6) is 0.690. The van der Waals surface area contributed by atoms with Crippen molar-refractivity contribution in [3.8, 4) is 11.5 Å². The van der Waals surface area contributed by atoms with Gasteiger partial charge in [-0.25, -0.2) is 4.39 Å². The standard InChI is InChI=1S/C19H19FN2O3/c20-14-8-12-4-5-21-11-16(12)15(9-14)19(23)22-10-13-2-1-3-17-18(13)25-7-6-24-17/h1-3,8-9,21H,4-7,10-11H2,(H,22,23). The van der Waals surface area contributed by atoms with Crippen LogP contribution < -0.4 is 20.1 Å². The molecule has 2 aliphatic rings. The van der Waals surface area contributed by atoms with E-state index in [2.05, 4.69) is 10.6 Å². The Bertz CT molecular complexity index is 823. The quantitative estimate of drug-likeness (QED) is 0.898. The topological polar surface area (TPSA) is 59.6 Å². The maximum absolute atomic E-state index is 13.9. The van der Waals surface area contributed by atoms with E-state index in [1.165, 1.54) is 12.1 Å². The second-order valence-corrected chi connectivity index (χ2v) is 6.14. The van der Waals surface area contributed by atoms with Crippen LogP contribution in [-0.2, 0) is 19.5 Å². The van der Waals surface area contributed by atoms with E-state index in [0.717, 1.165) is 29.7 Å². The Morgan fingerprint density at radius 3 is 3.04 bits per heavy atom. The predicted molar refractivity (Wildman–Crippen MR) is 90.4 cm³/mol. The van der Waals surface area contributed by atoms with Crippen LogP contribution in [0, 0.1) is 5.82 Å². The lowest BCUT2D eigenvalue weighted by atomic mass is 9.95. The smallest absolute Gasteiger partial charge is 0.251 e. The van der Waals surface area contributed by atoms with Gasteiger partial charge in [-0.1, -0.05) is 12.1 Å². The van der Waals surface area contributed by atoms with Crippen molar-refractivity contribution in [3.63, 3.8) is 0 Å². The first kappa shape index (κ1) is 15.9. The van der Waals surface area contributed by atoms with Crippen molar-refractivity contribution in [2.45, 2.75) is 19.5 Å². The number of hydrogen-bond acceptors (Lipinski definition) is 4. The molecule has 130 valence electrons. The molecule has 2 aliphatic heterocycles. The molecule has 2 N–H and O–H groups in total. The Kier molecular flexibility index (Phi) is 4.28. The molecular weight excluding hydrogens is 323 g/mol. The van der Waals surface area contributed by atoms with Crippen LogP contribution in [0.1, 0.15) is 27.0 Å². The van der Waals surface area contributed by atoms with Gasteiger partial charge < -0.3 is 20.1 Å². The van der Waals surface area contributed by atoms with E-state index in [1.807, 2.05) is 18.2 Å². The molecule has 0 bridgehead atoms. The molecule has 0 aromatic heterocycles. The van der Waals surface area contributed by atoms with Crippen molar-refractivity contribution in [2.75, 3.05) is 19.8 Å². The van der Waals surface area contributed by atoms with Crippen LogP contribution in [0.4, 0.5) is 4.39 Å². The van der Waals surface area contributed by atoms with Crippen molar-refractivity contribution >= 4 is 5.91 Å². The molecule has 0 fully saturated rings. The number of hydrogen-bond donors (Lipinski definition) is 2. The largest absolute Gasteiger partial charge is 0.486 e. The number of amides is 1. The summed E-state index contributed by atoms with van der Waals surface area (Å²) in [6, 6.07) is 8.42. The van der Waals surface area contributed by atoms with Gasteiger partial charge in [0.25, 0.3) is 5.91 Å². The molecule has 0 atom stereocenters. The molecule has 2 aromatic carbocycles. The van der Waals surface area contributed by atoms with Crippen LogP contribution in [0.2, 0.25) is 0 Å². The highest BCUT2D eigenvalue weighted by molar-refractivity contribution is 5.96. The first-order valence-corrected chi connectivity index (χ1v) is 8.40. The van der Waals surface area contributed by atoms with Gasteiger partial charge in [-0.15, -0.1) is 0 Å². The number of nitrogens with one attached hydrogen (secondary N) is 2. The summed E-state index contributed by atoms with van der Waals surface area (Å²) in [6.07, 6.45) is 0.727. The van der Waals surface area contributed by atoms with Gasteiger partial charge in [-0.05, 0) is 42.3 Å². The van der Waals surface area contributed by atoms with Gasteiger partial charge in [0.15, 0.2) is 11.5 Å². The molecule has 0 aliphatic carbocycles. The number of carbonyl (C=O) groups is 1. The molecule has 0 saturated heterocycles. The van der Waals surface area contributed by atoms with Gasteiger partial charge in [0, 0.05) is 24.2 Å². The normalized spacial score (nSPS) is 15.4. The van der Waals surface area contributed by atoms with Gasteiger partial charge in [0.1, 0.15) is 19.0 Å². The first-order valence-electron chi connectivity index (χ1n) is 8.40.